The molecule has 3 aromatic rings. The highest BCUT2D eigenvalue weighted by Crippen LogP contribution is 2.35. The van der Waals surface area contributed by atoms with Crippen LogP contribution in [0.2, 0.25) is 0 Å². The number of pyridine rings is 1. The standard InChI is InChI=1S/C25H30N4O3S/c1-17(18-8-5-4-6-9-18)26-25(33)29(11-7-10-28(2)3)15-20-12-19-13-22-23(32-16-31-22)14-21(19)27-24(20)30/h4-6,8-9,12-14,17H,7,10-11,15-16H2,1-3H3,(H,26,33)(H,27,30)/t17-/m0/s1. The number of thiocarbonyl (C=S) groups is 1. The average Bonchev–Trinajstić information content (AvgIpc) is 3.24. The zero-order chi connectivity index (χ0) is 23.4. The van der Waals surface area contributed by atoms with E-state index in [9.17, 15) is 4.79 Å². The Morgan fingerprint density at radius 1 is 1.12 bits per heavy atom. The number of fused-ring (bicyclic) bond motifs is 2. The van der Waals surface area contributed by atoms with Gasteiger partial charge in [0.15, 0.2) is 16.6 Å². The van der Waals surface area contributed by atoms with Gasteiger partial charge in [-0.05, 0) is 63.9 Å². The van der Waals surface area contributed by atoms with Gasteiger partial charge in [-0.2, -0.15) is 0 Å². The van der Waals surface area contributed by atoms with Crippen LogP contribution < -0.4 is 20.3 Å². The summed E-state index contributed by atoms with van der Waals surface area (Å²) in [5, 5.41) is 4.98. The van der Waals surface area contributed by atoms with Crippen molar-refractivity contribution in [2.45, 2.75) is 25.9 Å². The van der Waals surface area contributed by atoms with Crippen molar-refractivity contribution >= 4 is 28.2 Å². The second-order valence-corrected chi connectivity index (χ2v) is 8.96. The summed E-state index contributed by atoms with van der Waals surface area (Å²) in [5.41, 5.74) is 2.42. The molecule has 0 saturated heterocycles. The van der Waals surface area contributed by atoms with Crippen LogP contribution in [0.3, 0.4) is 0 Å². The van der Waals surface area contributed by atoms with Crippen molar-refractivity contribution in [3.63, 3.8) is 0 Å². The molecule has 8 heteroatoms. The van der Waals surface area contributed by atoms with E-state index in [1.54, 1.807) is 0 Å². The summed E-state index contributed by atoms with van der Waals surface area (Å²) in [7, 11) is 4.10. The molecule has 174 valence electrons. The van der Waals surface area contributed by atoms with Crippen LogP contribution in [0.15, 0.2) is 53.3 Å². The van der Waals surface area contributed by atoms with Crippen LogP contribution in [0.25, 0.3) is 10.9 Å². The van der Waals surface area contributed by atoms with Crippen molar-refractivity contribution in [3.8, 4) is 11.5 Å². The number of aromatic amines is 1. The molecule has 1 atom stereocenters. The molecule has 2 aromatic carbocycles. The van der Waals surface area contributed by atoms with E-state index >= 15 is 0 Å². The number of hydrogen-bond acceptors (Lipinski definition) is 5. The molecule has 0 bridgehead atoms. The Bertz CT molecular complexity index is 1180. The maximum absolute atomic E-state index is 12.9. The van der Waals surface area contributed by atoms with Gasteiger partial charge in [-0.15, -0.1) is 0 Å². The minimum atomic E-state index is -0.127. The maximum atomic E-state index is 12.9. The summed E-state index contributed by atoms with van der Waals surface area (Å²) < 4.78 is 10.9. The second kappa shape index (κ2) is 10.2. The van der Waals surface area contributed by atoms with E-state index < -0.39 is 0 Å². The normalized spacial score (nSPS) is 13.3. The Kier molecular flexibility index (Phi) is 7.15. The molecule has 33 heavy (non-hydrogen) atoms. The van der Waals surface area contributed by atoms with Crippen LogP contribution >= 0.6 is 12.2 Å². The summed E-state index contributed by atoms with van der Waals surface area (Å²) in [5.74, 6) is 1.34. The fourth-order valence-corrected chi connectivity index (χ4v) is 4.23. The molecule has 4 rings (SSSR count). The van der Waals surface area contributed by atoms with Crippen molar-refractivity contribution in [2.75, 3.05) is 34.0 Å². The molecule has 0 radical (unpaired) electrons. The van der Waals surface area contributed by atoms with Gasteiger partial charge in [0, 0.05) is 23.6 Å². The van der Waals surface area contributed by atoms with Crippen LogP contribution in [0, 0.1) is 0 Å². The molecule has 2 N–H and O–H groups in total. The van der Waals surface area contributed by atoms with E-state index in [2.05, 4.69) is 53.3 Å². The number of H-pyrrole nitrogens is 1. The van der Waals surface area contributed by atoms with Crippen LogP contribution in [-0.4, -0.2) is 53.9 Å². The molecule has 0 saturated carbocycles. The van der Waals surface area contributed by atoms with Gasteiger partial charge in [0.25, 0.3) is 5.56 Å². The van der Waals surface area contributed by atoms with Crippen molar-refractivity contribution in [1.82, 2.24) is 20.1 Å². The van der Waals surface area contributed by atoms with Gasteiger partial charge in [-0.25, -0.2) is 0 Å². The van der Waals surface area contributed by atoms with Gasteiger partial charge < -0.3 is 29.6 Å². The molecule has 0 unspecified atom stereocenters. The Balaban J connectivity index is 1.55. The average molecular weight is 467 g/mol. The number of benzene rings is 2. The molecular formula is C25H30N4O3S. The van der Waals surface area contributed by atoms with Crippen molar-refractivity contribution in [3.05, 3.63) is 70.0 Å². The third kappa shape index (κ3) is 5.64. The number of nitrogens with one attached hydrogen (secondary N) is 2. The fraction of sp³-hybridized carbons (Fsp3) is 0.360. The van der Waals surface area contributed by atoms with E-state index in [1.807, 2.05) is 36.4 Å². The van der Waals surface area contributed by atoms with E-state index in [0.29, 0.717) is 28.7 Å². The maximum Gasteiger partial charge on any atom is 0.253 e. The van der Waals surface area contributed by atoms with Crippen molar-refractivity contribution in [2.24, 2.45) is 0 Å². The molecule has 2 heterocycles. The Labute approximate surface area is 199 Å². The number of ether oxygens (including phenoxy) is 2. The monoisotopic (exact) mass is 466 g/mol. The Morgan fingerprint density at radius 3 is 2.58 bits per heavy atom. The first-order valence-corrected chi connectivity index (χ1v) is 11.5. The summed E-state index contributed by atoms with van der Waals surface area (Å²) in [6.07, 6.45) is 0.929. The molecule has 1 aliphatic heterocycles. The first-order valence-electron chi connectivity index (χ1n) is 11.1. The largest absolute Gasteiger partial charge is 0.454 e. The molecule has 1 aliphatic rings. The second-order valence-electron chi connectivity index (χ2n) is 8.58. The highest BCUT2D eigenvalue weighted by molar-refractivity contribution is 7.80. The van der Waals surface area contributed by atoms with E-state index in [0.717, 1.165) is 36.0 Å². The number of hydrogen-bond donors (Lipinski definition) is 2. The lowest BCUT2D eigenvalue weighted by Gasteiger charge is -2.28. The molecule has 0 fully saturated rings. The molecule has 0 amide bonds. The minimum absolute atomic E-state index is 0.0599. The minimum Gasteiger partial charge on any atom is -0.454 e. The van der Waals surface area contributed by atoms with Gasteiger partial charge in [0.2, 0.25) is 6.79 Å². The third-order valence-electron chi connectivity index (χ3n) is 5.74. The van der Waals surface area contributed by atoms with Crippen LogP contribution in [0.1, 0.15) is 30.5 Å². The predicted molar refractivity (Wildman–Crippen MR) is 135 cm³/mol. The highest BCUT2D eigenvalue weighted by atomic mass is 32.1. The third-order valence-corrected chi connectivity index (χ3v) is 6.11. The number of nitrogens with zero attached hydrogens (tertiary/aromatic N) is 2. The van der Waals surface area contributed by atoms with Crippen LogP contribution in [0.5, 0.6) is 11.5 Å². The molecule has 0 aliphatic carbocycles. The van der Waals surface area contributed by atoms with Crippen LogP contribution in [-0.2, 0) is 6.54 Å². The van der Waals surface area contributed by atoms with Gasteiger partial charge >= 0.3 is 0 Å². The van der Waals surface area contributed by atoms with Crippen molar-refractivity contribution in [1.29, 1.82) is 0 Å². The number of aromatic nitrogens is 1. The first-order chi connectivity index (χ1) is 15.9. The summed E-state index contributed by atoms with van der Waals surface area (Å²) >= 11 is 5.79. The highest BCUT2D eigenvalue weighted by Gasteiger charge is 2.18. The van der Waals surface area contributed by atoms with Crippen LogP contribution in [0.4, 0.5) is 0 Å². The zero-order valence-corrected chi connectivity index (χ0v) is 20.1. The lowest BCUT2D eigenvalue weighted by atomic mass is 10.1. The number of rotatable bonds is 8. The zero-order valence-electron chi connectivity index (χ0n) is 19.3. The topological polar surface area (TPSA) is 69.8 Å². The summed E-state index contributed by atoms with van der Waals surface area (Å²) in [4.78, 5) is 20.1. The summed E-state index contributed by atoms with van der Waals surface area (Å²) in [6, 6.07) is 15.9. The first kappa shape index (κ1) is 23.1. The SMILES string of the molecule is C[C@H](NC(=S)N(CCCN(C)C)Cc1cc2cc3c(cc2[nH]c1=O)OCO3)c1ccccc1. The van der Waals surface area contributed by atoms with Gasteiger partial charge in [0.05, 0.1) is 18.1 Å². The van der Waals surface area contributed by atoms with Gasteiger partial charge in [-0.3, -0.25) is 4.79 Å². The van der Waals surface area contributed by atoms with E-state index in [1.165, 1.54) is 0 Å². The van der Waals surface area contributed by atoms with E-state index in [4.69, 9.17) is 21.7 Å². The lowest BCUT2D eigenvalue weighted by Crippen LogP contribution is -2.42. The van der Waals surface area contributed by atoms with E-state index in [-0.39, 0.29) is 18.4 Å². The molecule has 1 aromatic heterocycles. The van der Waals surface area contributed by atoms with Crippen molar-refractivity contribution < 1.29 is 9.47 Å². The van der Waals surface area contributed by atoms with Gasteiger partial charge in [0.1, 0.15) is 0 Å². The molecule has 7 nitrogen and oxygen atoms in total. The lowest BCUT2D eigenvalue weighted by molar-refractivity contribution is 0.174. The molecular weight excluding hydrogens is 436 g/mol. The molecule has 0 spiro atoms. The Morgan fingerprint density at radius 2 is 1.85 bits per heavy atom. The quantitative estimate of drug-likeness (QED) is 0.491. The van der Waals surface area contributed by atoms with Gasteiger partial charge in [-0.1, -0.05) is 30.3 Å². The summed E-state index contributed by atoms with van der Waals surface area (Å²) in [6.45, 7) is 4.38. The Hall–Kier alpha value is -3.10. The smallest absolute Gasteiger partial charge is 0.253 e. The fourth-order valence-electron chi connectivity index (χ4n) is 3.90. The predicted octanol–water partition coefficient (Wildman–Crippen LogP) is 3.65.